The second-order valence-electron chi connectivity index (χ2n) is 14.3. The van der Waals surface area contributed by atoms with Gasteiger partial charge in [0.2, 0.25) is 0 Å². The lowest BCUT2D eigenvalue weighted by Gasteiger charge is -2.39. The van der Waals surface area contributed by atoms with Crippen LogP contribution in [0.2, 0.25) is 0 Å². The summed E-state index contributed by atoms with van der Waals surface area (Å²) in [6, 6.07) is 0. The summed E-state index contributed by atoms with van der Waals surface area (Å²) < 4.78 is 6.24. The molecule has 3 atom stereocenters. The van der Waals surface area contributed by atoms with Gasteiger partial charge >= 0.3 is 0 Å². The monoisotopic (exact) mass is 582 g/mol. The van der Waals surface area contributed by atoms with Gasteiger partial charge in [-0.05, 0) is 77.0 Å². The molecule has 0 spiro atoms. The molecule has 0 unspecified atom stereocenters. The molecule has 1 saturated carbocycles. The fraction of sp³-hybridized carbons (Fsp3) is 0.475. The number of aliphatic hydroxyl groups excluding tert-OH is 1. The zero-order valence-electron chi connectivity index (χ0n) is 28.3. The zero-order valence-corrected chi connectivity index (χ0v) is 28.3. The van der Waals surface area contributed by atoms with Crippen molar-refractivity contribution in [2.24, 2.45) is 10.8 Å². The van der Waals surface area contributed by atoms with Crippen molar-refractivity contribution in [3.8, 4) is 0 Å². The van der Waals surface area contributed by atoms with E-state index in [0.29, 0.717) is 12.8 Å². The number of carbonyl (C=O) groups excluding carboxylic acids is 1. The summed E-state index contributed by atoms with van der Waals surface area (Å²) in [5.74, 6) is 0.272. The number of carbonyl (C=O) groups is 1. The van der Waals surface area contributed by atoms with E-state index in [1.54, 1.807) is 0 Å². The van der Waals surface area contributed by atoms with Gasteiger partial charge in [-0.15, -0.1) is 0 Å². The maximum absolute atomic E-state index is 12.2. The Morgan fingerprint density at radius 3 is 1.84 bits per heavy atom. The topological polar surface area (TPSA) is 49.8 Å². The molecule has 0 bridgehead atoms. The maximum atomic E-state index is 12.2. The van der Waals surface area contributed by atoms with E-state index in [-0.39, 0.29) is 33.9 Å². The standard InChI is InChI=1S/C40H54O3/c1-29(17-13-19-31(3)21-22-35-33(5)36(42)24-25-37(35,6)7)15-11-12-16-30(2)18-14-20-32(4)23-26-40-38(8,9)27-34(41)28-39(40,10)43-40/h11-23,26,34,41H,24-25,27-28H2,1-10H3/b12-11+,17-13+,18-14+,22-21+,26-23+,29-15+,30-16+,31-19+,32-20+/t34-,39+,40-/m0/s1. The molecule has 0 aromatic carbocycles. The Labute approximate surface area is 261 Å². The Hall–Kier alpha value is -3.01. The lowest BCUT2D eigenvalue weighted by molar-refractivity contribution is -0.116. The van der Waals surface area contributed by atoms with Crippen LogP contribution in [-0.2, 0) is 9.53 Å². The van der Waals surface area contributed by atoms with Crippen molar-refractivity contribution in [2.75, 3.05) is 0 Å². The first-order chi connectivity index (χ1) is 20.0. The summed E-state index contributed by atoms with van der Waals surface area (Å²) in [4.78, 5) is 12.2. The van der Waals surface area contributed by atoms with Gasteiger partial charge in [0.05, 0.1) is 6.10 Å². The summed E-state index contributed by atoms with van der Waals surface area (Å²) in [5.41, 5.74) is 6.09. The van der Waals surface area contributed by atoms with E-state index >= 15 is 0 Å². The molecular formula is C40H54O3. The molecule has 0 aromatic rings. The van der Waals surface area contributed by atoms with Crippen molar-refractivity contribution in [1.29, 1.82) is 0 Å². The van der Waals surface area contributed by atoms with Gasteiger partial charge < -0.3 is 9.84 Å². The van der Waals surface area contributed by atoms with E-state index in [1.165, 1.54) is 16.7 Å². The number of hydrogen-bond donors (Lipinski definition) is 1. The van der Waals surface area contributed by atoms with E-state index in [2.05, 4.69) is 147 Å². The number of Topliss-reactive ketones (excluding diaryl/α,β-unsaturated/α-hetero) is 1. The number of aliphatic hydroxyl groups is 1. The lowest BCUT2D eigenvalue weighted by atomic mass is 9.63. The van der Waals surface area contributed by atoms with Gasteiger partial charge in [0.1, 0.15) is 11.2 Å². The van der Waals surface area contributed by atoms with Gasteiger partial charge in [-0.25, -0.2) is 0 Å². The fourth-order valence-corrected chi connectivity index (χ4v) is 6.64. The first kappa shape index (κ1) is 34.5. The highest BCUT2D eigenvalue weighted by molar-refractivity contribution is 5.97. The van der Waals surface area contributed by atoms with E-state index in [4.69, 9.17) is 4.74 Å². The SMILES string of the molecule is CC1=C(/C=C/C(C)=C/C=C/C(C)=C/C=C/C=C(C)/C=C/C=C(C)/C=C/[C@@]23O[C@]2(C)C[C@@H](O)CC3(C)C)C(C)(C)CCC1=O. The molecule has 43 heavy (non-hydrogen) atoms. The Morgan fingerprint density at radius 1 is 0.767 bits per heavy atom. The van der Waals surface area contributed by atoms with E-state index in [1.807, 2.05) is 6.92 Å². The number of hydrogen-bond acceptors (Lipinski definition) is 3. The Morgan fingerprint density at radius 2 is 1.28 bits per heavy atom. The maximum Gasteiger partial charge on any atom is 0.158 e. The zero-order chi connectivity index (χ0) is 32.1. The van der Waals surface area contributed by atoms with Crippen LogP contribution < -0.4 is 0 Å². The van der Waals surface area contributed by atoms with Gasteiger partial charge in [-0.1, -0.05) is 129 Å². The molecule has 1 heterocycles. The molecular weight excluding hydrogens is 528 g/mol. The number of ketones is 1. The van der Waals surface area contributed by atoms with Gasteiger partial charge in [0, 0.05) is 18.3 Å². The summed E-state index contributed by atoms with van der Waals surface area (Å²) in [7, 11) is 0. The number of rotatable bonds is 10. The molecule has 2 fully saturated rings. The Balaban J connectivity index is 1.51. The molecule has 3 heteroatoms. The summed E-state index contributed by atoms with van der Waals surface area (Å²) in [5, 5.41) is 10.2. The molecule has 1 N–H and O–H groups in total. The number of fused-ring (bicyclic) bond motifs is 1. The van der Waals surface area contributed by atoms with Crippen LogP contribution in [0, 0.1) is 10.8 Å². The first-order valence-electron chi connectivity index (χ1n) is 15.7. The van der Waals surface area contributed by atoms with Crippen molar-refractivity contribution < 1.29 is 14.6 Å². The number of ether oxygens (including phenoxy) is 1. The molecule has 1 aliphatic heterocycles. The van der Waals surface area contributed by atoms with Crippen LogP contribution in [-0.4, -0.2) is 28.2 Å². The smallest absolute Gasteiger partial charge is 0.158 e. The highest BCUT2D eigenvalue weighted by atomic mass is 16.6. The quantitative estimate of drug-likeness (QED) is 0.206. The van der Waals surface area contributed by atoms with Crippen LogP contribution in [0.4, 0.5) is 0 Å². The van der Waals surface area contributed by atoms with Gasteiger partial charge in [-0.2, -0.15) is 0 Å². The van der Waals surface area contributed by atoms with Crippen LogP contribution in [0.15, 0.2) is 119 Å². The minimum atomic E-state index is -0.294. The second kappa shape index (κ2) is 13.7. The van der Waals surface area contributed by atoms with Gasteiger partial charge in [0.15, 0.2) is 5.78 Å². The molecule has 0 amide bonds. The molecule has 3 aliphatic rings. The van der Waals surface area contributed by atoms with E-state index < -0.39 is 0 Å². The van der Waals surface area contributed by atoms with Crippen molar-refractivity contribution in [1.82, 2.24) is 0 Å². The third-order valence-electron chi connectivity index (χ3n) is 9.39. The van der Waals surface area contributed by atoms with Crippen LogP contribution in [0.25, 0.3) is 0 Å². The number of epoxide rings is 1. The van der Waals surface area contributed by atoms with Gasteiger partial charge in [-0.3, -0.25) is 4.79 Å². The van der Waals surface area contributed by atoms with Crippen molar-refractivity contribution >= 4 is 5.78 Å². The predicted octanol–water partition coefficient (Wildman–Crippen LogP) is 9.97. The number of allylic oxidation sites excluding steroid dienone is 19. The van der Waals surface area contributed by atoms with Crippen LogP contribution in [0.3, 0.4) is 0 Å². The minimum absolute atomic E-state index is 0.0406. The average Bonchev–Trinajstić information content (AvgIpc) is 3.53. The third-order valence-corrected chi connectivity index (χ3v) is 9.39. The first-order valence-corrected chi connectivity index (χ1v) is 15.7. The van der Waals surface area contributed by atoms with Crippen molar-refractivity contribution in [3.05, 3.63) is 119 Å². The average molecular weight is 583 g/mol. The predicted molar refractivity (Wildman–Crippen MR) is 183 cm³/mol. The summed E-state index contributed by atoms with van der Waals surface area (Å²) in [6.07, 6.45) is 32.2. The molecule has 2 aliphatic carbocycles. The second-order valence-corrected chi connectivity index (χ2v) is 14.3. The molecule has 3 nitrogen and oxygen atoms in total. The minimum Gasteiger partial charge on any atom is -0.393 e. The van der Waals surface area contributed by atoms with E-state index in [9.17, 15) is 9.90 Å². The van der Waals surface area contributed by atoms with Crippen molar-refractivity contribution in [3.63, 3.8) is 0 Å². The van der Waals surface area contributed by atoms with Crippen LogP contribution in [0.5, 0.6) is 0 Å². The Kier molecular flexibility index (Phi) is 11.0. The largest absolute Gasteiger partial charge is 0.393 e. The van der Waals surface area contributed by atoms with Gasteiger partial charge in [0.25, 0.3) is 0 Å². The highest BCUT2D eigenvalue weighted by Crippen LogP contribution is 2.66. The molecule has 0 aromatic heterocycles. The molecule has 3 rings (SSSR count). The van der Waals surface area contributed by atoms with Crippen LogP contribution >= 0.6 is 0 Å². The fourth-order valence-electron chi connectivity index (χ4n) is 6.64. The highest BCUT2D eigenvalue weighted by Gasteiger charge is 2.74. The summed E-state index contributed by atoms with van der Waals surface area (Å²) >= 11 is 0. The van der Waals surface area contributed by atoms with Crippen LogP contribution in [0.1, 0.15) is 94.9 Å². The molecule has 0 radical (unpaired) electrons. The van der Waals surface area contributed by atoms with Crippen molar-refractivity contribution in [2.45, 2.75) is 112 Å². The lowest BCUT2D eigenvalue weighted by Crippen LogP contribution is -2.46. The van der Waals surface area contributed by atoms with E-state index in [0.717, 1.165) is 29.6 Å². The molecule has 232 valence electrons. The Bertz CT molecular complexity index is 1380. The third kappa shape index (κ3) is 8.55. The normalized spacial score (nSPS) is 30.6. The summed E-state index contributed by atoms with van der Waals surface area (Å²) in [6.45, 7) is 21.3. The molecule has 1 saturated heterocycles.